The van der Waals surface area contributed by atoms with Gasteiger partial charge in [-0.05, 0) is 41.5 Å². The molecular weight excluding hydrogens is 396 g/mol. The molecule has 0 spiro atoms. The topological polar surface area (TPSA) is 93.7 Å². The molecule has 3 aromatic carbocycles. The Balaban J connectivity index is 1.43. The molecule has 0 aliphatic rings. The van der Waals surface area contributed by atoms with Gasteiger partial charge in [-0.1, -0.05) is 48.5 Å². The number of carbonyl (C=O) groups excluding carboxylic acids is 3. The van der Waals surface area contributed by atoms with Crippen LogP contribution in [-0.2, 0) is 14.3 Å². The molecule has 0 atom stereocenters. The van der Waals surface area contributed by atoms with Crippen molar-refractivity contribution in [2.75, 3.05) is 25.6 Å². The first kappa shape index (κ1) is 21.6. The number of benzene rings is 3. The highest BCUT2D eigenvalue weighted by atomic mass is 16.6. The molecule has 7 nitrogen and oxygen atoms in total. The Kier molecular flexibility index (Phi) is 7.37. The van der Waals surface area contributed by atoms with Crippen molar-refractivity contribution in [1.29, 1.82) is 0 Å². The molecule has 3 aromatic rings. The van der Waals surface area contributed by atoms with Crippen LogP contribution < -0.4 is 15.4 Å². The van der Waals surface area contributed by atoms with Gasteiger partial charge in [0.2, 0.25) is 0 Å². The lowest BCUT2D eigenvalue weighted by Gasteiger charge is -2.09. The number of hydrogen-bond donors (Lipinski definition) is 2. The number of esters is 1. The van der Waals surface area contributed by atoms with Gasteiger partial charge in [0.05, 0.1) is 0 Å². The molecule has 0 heterocycles. The fourth-order valence-corrected chi connectivity index (χ4v) is 2.78. The van der Waals surface area contributed by atoms with E-state index < -0.39 is 18.5 Å². The molecule has 0 aromatic heterocycles. The highest BCUT2D eigenvalue weighted by Crippen LogP contribution is 2.22. The summed E-state index contributed by atoms with van der Waals surface area (Å²) in [4.78, 5) is 35.5. The minimum atomic E-state index is -0.665. The molecule has 0 bridgehead atoms. The van der Waals surface area contributed by atoms with Crippen molar-refractivity contribution in [3.63, 3.8) is 0 Å². The molecule has 7 heteroatoms. The molecular formula is C24H22N2O5. The number of ether oxygens (including phenoxy) is 2. The maximum Gasteiger partial charge on any atom is 0.344 e. The molecule has 2 amide bonds. The van der Waals surface area contributed by atoms with E-state index in [0.717, 1.165) is 11.1 Å². The lowest BCUT2D eigenvalue weighted by molar-refractivity contribution is -0.149. The van der Waals surface area contributed by atoms with E-state index in [4.69, 9.17) is 9.47 Å². The molecule has 0 saturated carbocycles. The van der Waals surface area contributed by atoms with Gasteiger partial charge < -0.3 is 20.1 Å². The minimum absolute atomic E-state index is 0.267. The van der Waals surface area contributed by atoms with Crippen LogP contribution in [0.15, 0.2) is 78.9 Å². The van der Waals surface area contributed by atoms with E-state index in [1.807, 2.05) is 42.5 Å². The molecule has 3 rings (SSSR count). The van der Waals surface area contributed by atoms with Gasteiger partial charge >= 0.3 is 5.97 Å². The minimum Gasteiger partial charge on any atom is -0.482 e. The van der Waals surface area contributed by atoms with Crippen molar-refractivity contribution < 1.29 is 23.9 Å². The van der Waals surface area contributed by atoms with Gasteiger partial charge in [-0.25, -0.2) is 4.79 Å². The quantitative estimate of drug-likeness (QED) is 0.548. The van der Waals surface area contributed by atoms with Crippen molar-refractivity contribution in [2.24, 2.45) is 0 Å². The third kappa shape index (κ3) is 6.43. The summed E-state index contributed by atoms with van der Waals surface area (Å²) in [6.07, 6.45) is 0. The van der Waals surface area contributed by atoms with Crippen LogP contribution in [0, 0.1) is 0 Å². The van der Waals surface area contributed by atoms with Crippen molar-refractivity contribution in [3.05, 3.63) is 84.4 Å². The average molecular weight is 418 g/mol. The monoisotopic (exact) mass is 418 g/mol. The Bertz CT molecular complexity index is 1050. The van der Waals surface area contributed by atoms with Gasteiger partial charge in [0.15, 0.2) is 13.2 Å². The van der Waals surface area contributed by atoms with Gasteiger partial charge in [-0.3, -0.25) is 9.59 Å². The van der Waals surface area contributed by atoms with E-state index in [2.05, 4.69) is 10.6 Å². The Morgan fingerprint density at radius 1 is 0.806 bits per heavy atom. The van der Waals surface area contributed by atoms with Gasteiger partial charge in [0.1, 0.15) is 5.75 Å². The van der Waals surface area contributed by atoms with E-state index in [1.54, 1.807) is 30.3 Å². The first-order chi connectivity index (χ1) is 15.0. The van der Waals surface area contributed by atoms with Crippen LogP contribution >= 0.6 is 0 Å². The fourth-order valence-electron chi connectivity index (χ4n) is 2.78. The summed E-state index contributed by atoms with van der Waals surface area (Å²) >= 11 is 0. The Morgan fingerprint density at radius 2 is 1.52 bits per heavy atom. The molecule has 0 unspecified atom stereocenters. The maximum absolute atomic E-state index is 12.0. The summed E-state index contributed by atoms with van der Waals surface area (Å²) in [5, 5.41) is 5.08. The van der Waals surface area contributed by atoms with Crippen molar-refractivity contribution >= 4 is 23.5 Å². The third-order valence-corrected chi connectivity index (χ3v) is 4.32. The number of nitrogens with one attached hydrogen (secondary N) is 2. The molecule has 158 valence electrons. The fraction of sp³-hybridized carbons (Fsp3) is 0.125. The Morgan fingerprint density at radius 3 is 2.23 bits per heavy atom. The Hall–Kier alpha value is -4.13. The van der Waals surface area contributed by atoms with Crippen LogP contribution in [0.5, 0.6) is 5.75 Å². The van der Waals surface area contributed by atoms with Gasteiger partial charge in [0.25, 0.3) is 11.8 Å². The van der Waals surface area contributed by atoms with Crippen LogP contribution in [0.3, 0.4) is 0 Å². The van der Waals surface area contributed by atoms with Gasteiger partial charge in [-0.2, -0.15) is 0 Å². The zero-order valence-electron chi connectivity index (χ0n) is 17.0. The molecule has 2 N–H and O–H groups in total. The number of amides is 2. The molecule has 0 aliphatic heterocycles. The lowest BCUT2D eigenvalue weighted by atomic mass is 10.1. The summed E-state index contributed by atoms with van der Waals surface area (Å²) < 4.78 is 10.3. The van der Waals surface area contributed by atoms with Crippen LogP contribution in [0.25, 0.3) is 11.1 Å². The SMILES string of the molecule is CNC(=O)c1cccc(NC(=O)COC(=O)COc2ccc(-c3ccccc3)cc2)c1. The summed E-state index contributed by atoms with van der Waals surface area (Å²) in [6, 6.07) is 23.6. The maximum atomic E-state index is 12.0. The van der Waals surface area contributed by atoms with Crippen LogP contribution in [-0.4, -0.2) is 38.0 Å². The van der Waals surface area contributed by atoms with Crippen LogP contribution in [0.2, 0.25) is 0 Å². The predicted molar refractivity (Wildman–Crippen MR) is 117 cm³/mol. The smallest absolute Gasteiger partial charge is 0.344 e. The van der Waals surface area contributed by atoms with E-state index in [1.165, 1.54) is 13.1 Å². The predicted octanol–water partition coefficient (Wildman–Crippen LogP) is 3.27. The highest BCUT2D eigenvalue weighted by Gasteiger charge is 2.10. The van der Waals surface area contributed by atoms with Crippen LogP contribution in [0.1, 0.15) is 10.4 Å². The van der Waals surface area contributed by atoms with E-state index in [0.29, 0.717) is 17.0 Å². The molecule has 0 radical (unpaired) electrons. The van der Waals surface area contributed by atoms with Gasteiger partial charge in [-0.15, -0.1) is 0 Å². The molecule has 0 aliphatic carbocycles. The first-order valence-corrected chi connectivity index (χ1v) is 9.61. The molecule has 31 heavy (non-hydrogen) atoms. The van der Waals surface area contributed by atoms with Crippen LogP contribution in [0.4, 0.5) is 5.69 Å². The second-order valence-corrected chi connectivity index (χ2v) is 6.55. The number of anilines is 1. The summed E-state index contributed by atoms with van der Waals surface area (Å²) in [5.74, 6) is -0.931. The second kappa shape index (κ2) is 10.6. The lowest BCUT2D eigenvalue weighted by Crippen LogP contribution is -2.24. The van der Waals surface area contributed by atoms with E-state index in [9.17, 15) is 14.4 Å². The summed E-state index contributed by atoms with van der Waals surface area (Å²) in [7, 11) is 1.52. The Labute approximate surface area is 180 Å². The number of rotatable bonds is 8. The summed E-state index contributed by atoms with van der Waals surface area (Å²) in [5.41, 5.74) is 2.95. The molecule has 0 fully saturated rings. The normalized spacial score (nSPS) is 10.1. The van der Waals surface area contributed by atoms with Crippen molar-refractivity contribution in [1.82, 2.24) is 5.32 Å². The average Bonchev–Trinajstić information content (AvgIpc) is 2.82. The third-order valence-electron chi connectivity index (χ3n) is 4.32. The van der Waals surface area contributed by atoms with E-state index in [-0.39, 0.29) is 12.5 Å². The highest BCUT2D eigenvalue weighted by molar-refractivity contribution is 5.97. The van der Waals surface area contributed by atoms with Crippen molar-refractivity contribution in [2.45, 2.75) is 0 Å². The largest absolute Gasteiger partial charge is 0.482 e. The zero-order valence-corrected chi connectivity index (χ0v) is 17.0. The summed E-state index contributed by atoms with van der Waals surface area (Å²) in [6.45, 7) is -0.774. The number of hydrogen-bond acceptors (Lipinski definition) is 5. The van der Waals surface area contributed by atoms with E-state index >= 15 is 0 Å². The zero-order chi connectivity index (χ0) is 22.1. The van der Waals surface area contributed by atoms with Crippen molar-refractivity contribution in [3.8, 4) is 16.9 Å². The molecule has 0 saturated heterocycles. The second-order valence-electron chi connectivity index (χ2n) is 6.55. The standard InChI is InChI=1S/C24H22N2O5/c1-25-24(29)19-8-5-9-20(14-19)26-22(27)15-31-23(28)16-30-21-12-10-18(11-13-21)17-6-3-2-4-7-17/h2-14H,15-16H2,1H3,(H,25,29)(H,26,27). The number of carbonyl (C=O) groups is 3. The first-order valence-electron chi connectivity index (χ1n) is 9.61. The van der Waals surface area contributed by atoms with Gasteiger partial charge in [0, 0.05) is 18.3 Å².